The van der Waals surface area contributed by atoms with Crippen LogP contribution in [0.3, 0.4) is 0 Å². The largest absolute Gasteiger partial charge is 0.416 e. The van der Waals surface area contributed by atoms with Gasteiger partial charge in [0.1, 0.15) is 0 Å². The van der Waals surface area contributed by atoms with Gasteiger partial charge in [0.05, 0.1) is 5.56 Å². The van der Waals surface area contributed by atoms with Gasteiger partial charge in [-0.3, -0.25) is 4.90 Å². The zero-order chi connectivity index (χ0) is 16.4. The highest BCUT2D eigenvalue weighted by molar-refractivity contribution is 5.85. The number of piperidine rings is 1. The Morgan fingerprint density at radius 2 is 2.00 bits per heavy atom. The van der Waals surface area contributed by atoms with Crippen molar-refractivity contribution < 1.29 is 13.2 Å². The number of hydrogen-bond acceptors (Lipinski definition) is 2. The molecule has 0 spiro atoms. The van der Waals surface area contributed by atoms with Crippen LogP contribution in [-0.2, 0) is 6.18 Å². The molecule has 1 heterocycles. The number of rotatable bonds is 5. The van der Waals surface area contributed by atoms with Gasteiger partial charge in [0, 0.05) is 18.6 Å². The number of halogens is 4. The first-order valence-corrected chi connectivity index (χ1v) is 8.59. The van der Waals surface area contributed by atoms with E-state index in [-0.39, 0.29) is 18.4 Å². The molecule has 2 fully saturated rings. The van der Waals surface area contributed by atoms with Gasteiger partial charge in [-0.05, 0) is 69.3 Å². The fourth-order valence-corrected chi connectivity index (χ4v) is 3.57. The quantitative estimate of drug-likeness (QED) is 0.820. The van der Waals surface area contributed by atoms with Crippen molar-refractivity contribution in [2.24, 2.45) is 5.92 Å². The molecular formula is C18H26ClF3N2. The SMILES string of the molecule is CC(c1cccc(C(F)(F)F)c1)N(CC1CCCNC1)C1CC1.Cl. The van der Waals surface area contributed by atoms with E-state index in [0.29, 0.717) is 12.0 Å². The molecule has 0 aromatic heterocycles. The molecule has 6 heteroatoms. The van der Waals surface area contributed by atoms with Gasteiger partial charge in [0.25, 0.3) is 0 Å². The second-order valence-electron chi connectivity index (χ2n) is 6.94. The Kier molecular flexibility index (Phi) is 6.57. The summed E-state index contributed by atoms with van der Waals surface area (Å²) in [4.78, 5) is 2.42. The number of nitrogens with zero attached hydrogens (tertiary/aromatic N) is 1. The van der Waals surface area contributed by atoms with E-state index in [1.165, 1.54) is 37.8 Å². The smallest absolute Gasteiger partial charge is 0.316 e. The monoisotopic (exact) mass is 362 g/mol. The third kappa shape index (κ3) is 4.87. The van der Waals surface area contributed by atoms with Gasteiger partial charge in [0.2, 0.25) is 0 Å². The first-order chi connectivity index (χ1) is 10.9. The van der Waals surface area contributed by atoms with Crippen LogP contribution < -0.4 is 5.32 Å². The second-order valence-corrected chi connectivity index (χ2v) is 6.94. The van der Waals surface area contributed by atoms with Crippen LogP contribution in [0.2, 0.25) is 0 Å². The summed E-state index contributed by atoms with van der Waals surface area (Å²) in [6.45, 7) is 5.14. The molecule has 24 heavy (non-hydrogen) atoms. The Hall–Kier alpha value is -0.780. The van der Waals surface area contributed by atoms with E-state index in [2.05, 4.69) is 10.2 Å². The summed E-state index contributed by atoms with van der Waals surface area (Å²) in [5.74, 6) is 0.609. The Labute approximate surface area is 148 Å². The average molecular weight is 363 g/mol. The Bertz CT molecular complexity index is 525. The molecule has 136 valence electrons. The minimum Gasteiger partial charge on any atom is -0.316 e. The standard InChI is InChI=1S/C18H25F3N2.ClH/c1-13(15-5-2-6-16(10-15)18(19,20)21)23(17-7-8-17)12-14-4-3-9-22-11-14;/h2,5-6,10,13-14,17,22H,3-4,7-9,11-12H2,1H3;1H. The van der Waals surface area contributed by atoms with Crippen LogP contribution in [0.25, 0.3) is 0 Å². The van der Waals surface area contributed by atoms with Gasteiger partial charge in [0.15, 0.2) is 0 Å². The number of alkyl halides is 3. The molecule has 1 saturated heterocycles. The van der Waals surface area contributed by atoms with Crippen LogP contribution in [0, 0.1) is 5.92 Å². The number of hydrogen-bond donors (Lipinski definition) is 1. The van der Waals surface area contributed by atoms with Gasteiger partial charge in [-0.25, -0.2) is 0 Å². The van der Waals surface area contributed by atoms with Crippen LogP contribution in [0.15, 0.2) is 24.3 Å². The lowest BCUT2D eigenvalue weighted by atomic mass is 9.96. The maximum absolute atomic E-state index is 13.0. The highest BCUT2D eigenvalue weighted by Gasteiger charge is 2.35. The summed E-state index contributed by atoms with van der Waals surface area (Å²) < 4.78 is 38.9. The Morgan fingerprint density at radius 3 is 2.58 bits per heavy atom. The average Bonchev–Trinajstić information content (AvgIpc) is 3.37. The van der Waals surface area contributed by atoms with Crippen molar-refractivity contribution in [2.75, 3.05) is 19.6 Å². The molecule has 1 aromatic carbocycles. The zero-order valence-electron chi connectivity index (χ0n) is 14.0. The molecule has 1 aromatic rings. The molecule has 1 N–H and O–H groups in total. The number of nitrogens with one attached hydrogen (secondary N) is 1. The maximum atomic E-state index is 13.0. The van der Waals surface area contributed by atoms with Crippen LogP contribution in [0.5, 0.6) is 0 Å². The van der Waals surface area contributed by atoms with Crippen LogP contribution in [0.4, 0.5) is 13.2 Å². The predicted octanol–water partition coefficient (Wildman–Crippen LogP) is 4.65. The topological polar surface area (TPSA) is 15.3 Å². The molecule has 0 radical (unpaired) electrons. The first-order valence-electron chi connectivity index (χ1n) is 8.59. The van der Waals surface area contributed by atoms with E-state index in [0.717, 1.165) is 31.3 Å². The van der Waals surface area contributed by atoms with Crippen LogP contribution in [-0.4, -0.2) is 30.6 Å². The molecule has 2 aliphatic rings. The summed E-state index contributed by atoms with van der Waals surface area (Å²) in [7, 11) is 0. The van der Waals surface area contributed by atoms with Gasteiger partial charge < -0.3 is 5.32 Å². The molecule has 2 unspecified atom stereocenters. The highest BCUT2D eigenvalue weighted by atomic mass is 35.5. The van der Waals surface area contributed by atoms with E-state index in [9.17, 15) is 13.2 Å². The Balaban J connectivity index is 0.00000208. The van der Waals surface area contributed by atoms with Crippen molar-refractivity contribution in [3.63, 3.8) is 0 Å². The Morgan fingerprint density at radius 1 is 1.25 bits per heavy atom. The third-order valence-electron chi connectivity index (χ3n) is 5.08. The van der Waals surface area contributed by atoms with Crippen molar-refractivity contribution in [2.45, 2.75) is 50.9 Å². The molecule has 1 aliphatic heterocycles. The van der Waals surface area contributed by atoms with E-state index in [1.54, 1.807) is 0 Å². The molecule has 1 aliphatic carbocycles. The van der Waals surface area contributed by atoms with Gasteiger partial charge in [-0.1, -0.05) is 12.1 Å². The summed E-state index contributed by atoms with van der Waals surface area (Å²) in [6.07, 6.45) is 0.479. The zero-order valence-corrected chi connectivity index (χ0v) is 14.8. The predicted molar refractivity (Wildman–Crippen MR) is 92.4 cm³/mol. The van der Waals surface area contributed by atoms with Crippen molar-refractivity contribution in [3.05, 3.63) is 35.4 Å². The molecule has 0 bridgehead atoms. The molecule has 0 amide bonds. The van der Waals surface area contributed by atoms with Gasteiger partial charge in [-0.15, -0.1) is 12.4 Å². The van der Waals surface area contributed by atoms with Crippen molar-refractivity contribution in [1.82, 2.24) is 10.2 Å². The van der Waals surface area contributed by atoms with E-state index in [4.69, 9.17) is 0 Å². The van der Waals surface area contributed by atoms with Crippen molar-refractivity contribution in [3.8, 4) is 0 Å². The van der Waals surface area contributed by atoms with Crippen molar-refractivity contribution in [1.29, 1.82) is 0 Å². The second kappa shape index (κ2) is 8.07. The van der Waals surface area contributed by atoms with E-state index >= 15 is 0 Å². The molecule has 1 saturated carbocycles. The number of benzene rings is 1. The lowest BCUT2D eigenvalue weighted by Gasteiger charge is -2.34. The summed E-state index contributed by atoms with van der Waals surface area (Å²) in [6, 6.07) is 6.41. The normalized spacial score (nSPS) is 23.0. The lowest BCUT2D eigenvalue weighted by Crippen LogP contribution is -2.40. The lowest BCUT2D eigenvalue weighted by molar-refractivity contribution is -0.137. The fourth-order valence-electron chi connectivity index (χ4n) is 3.57. The van der Waals surface area contributed by atoms with E-state index in [1.807, 2.05) is 13.0 Å². The summed E-state index contributed by atoms with van der Waals surface area (Å²) in [5.41, 5.74) is 0.229. The minimum absolute atomic E-state index is 0. The minimum atomic E-state index is -4.27. The van der Waals surface area contributed by atoms with Crippen molar-refractivity contribution >= 4 is 12.4 Å². The molecule has 3 rings (SSSR count). The molecular weight excluding hydrogens is 337 g/mol. The summed E-state index contributed by atoms with van der Waals surface area (Å²) in [5, 5.41) is 3.43. The molecule has 2 atom stereocenters. The summed E-state index contributed by atoms with van der Waals surface area (Å²) >= 11 is 0. The van der Waals surface area contributed by atoms with Gasteiger partial charge >= 0.3 is 6.18 Å². The maximum Gasteiger partial charge on any atom is 0.416 e. The third-order valence-corrected chi connectivity index (χ3v) is 5.08. The molecule has 2 nitrogen and oxygen atoms in total. The van der Waals surface area contributed by atoms with Gasteiger partial charge in [-0.2, -0.15) is 13.2 Å². The van der Waals surface area contributed by atoms with Crippen LogP contribution in [0.1, 0.15) is 49.8 Å². The highest BCUT2D eigenvalue weighted by Crippen LogP contribution is 2.37. The fraction of sp³-hybridized carbons (Fsp3) is 0.667. The van der Waals surface area contributed by atoms with Crippen LogP contribution >= 0.6 is 12.4 Å². The first kappa shape index (κ1) is 19.5. The van der Waals surface area contributed by atoms with E-state index < -0.39 is 11.7 Å².